The van der Waals surface area contributed by atoms with Crippen LogP contribution in [0.3, 0.4) is 0 Å². The predicted octanol–water partition coefficient (Wildman–Crippen LogP) is 3.66. The minimum absolute atomic E-state index is 0.683. The maximum absolute atomic E-state index is 3.68. The average Bonchev–Trinajstić information content (AvgIpc) is 2.32. The summed E-state index contributed by atoms with van der Waals surface area (Å²) in [5, 5.41) is 3.68. The van der Waals surface area contributed by atoms with Crippen LogP contribution < -0.4 is 5.32 Å². The fourth-order valence-electron chi connectivity index (χ4n) is 2.93. The van der Waals surface area contributed by atoms with Gasteiger partial charge in [-0.05, 0) is 38.1 Å². The van der Waals surface area contributed by atoms with Gasteiger partial charge in [0.15, 0.2) is 0 Å². The van der Waals surface area contributed by atoms with E-state index in [0.717, 1.165) is 5.92 Å². The molecule has 0 bridgehead atoms. The van der Waals surface area contributed by atoms with E-state index in [9.17, 15) is 0 Å². The average molecular weight is 207 g/mol. The van der Waals surface area contributed by atoms with Crippen molar-refractivity contribution in [1.29, 1.82) is 0 Å². The van der Waals surface area contributed by atoms with Gasteiger partial charge in [0.25, 0.3) is 0 Å². The van der Waals surface area contributed by atoms with Crippen molar-refractivity contribution in [3.05, 3.63) is 12.2 Å². The summed E-state index contributed by atoms with van der Waals surface area (Å²) in [6.45, 7) is 1.24. The summed E-state index contributed by atoms with van der Waals surface area (Å²) >= 11 is 0. The lowest BCUT2D eigenvalue weighted by atomic mass is 9.87. The van der Waals surface area contributed by atoms with Crippen LogP contribution in [-0.4, -0.2) is 12.6 Å². The fourth-order valence-corrected chi connectivity index (χ4v) is 2.93. The zero-order valence-electron chi connectivity index (χ0n) is 9.88. The third-order valence-corrected chi connectivity index (χ3v) is 3.94. The van der Waals surface area contributed by atoms with Crippen molar-refractivity contribution in [3.8, 4) is 0 Å². The third kappa shape index (κ3) is 3.98. The molecule has 0 saturated heterocycles. The van der Waals surface area contributed by atoms with E-state index in [1.165, 1.54) is 64.3 Å². The molecule has 86 valence electrons. The first-order valence-corrected chi connectivity index (χ1v) is 6.85. The van der Waals surface area contributed by atoms with Crippen LogP contribution in [0.25, 0.3) is 0 Å². The molecule has 1 atom stereocenters. The molecule has 1 fully saturated rings. The molecule has 0 aromatic rings. The van der Waals surface area contributed by atoms with Gasteiger partial charge in [-0.15, -0.1) is 0 Å². The first-order valence-electron chi connectivity index (χ1n) is 6.85. The zero-order chi connectivity index (χ0) is 10.3. The van der Waals surface area contributed by atoms with Crippen LogP contribution in [0.4, 0.5) is 0 Å². The standard InChI is InChI=1S/C14H25N/c1-3-7-13(8-4-1)11-12-15-14-9-5-2-6-10-14/h5,9,13-15H,1-4,6-8,10-12H2. The summed E-state index contributed by atoms with van der Waals surface area (Å²) in [6.07, 6.45) is 17.5. The molecule has 0 aromatic carbocycles. The van der Waals surface area contributed by atoms with Gasteiger partial charge in [0, 0.05) is 6.04 Å². The van der Waals surface area contributed by atoms with Crippen molar-refractivity contribution in [2.75, 3.05) is 6.54 Å². The van der Waals surface area contributed by atoms with Crippen LogP contribution in [0.2, 0.25) is 0 Å². The lowest BCUT2D eigenvalue weighted by molar-refractivity contribution is 0.329. The maximum atomic E-state index is 3.68. The number of hydrogen-bond donors (Lipinski definition) is 1. The summed E-state index contributed by atoms with van der Waals surface area (Å²) in [5.41, 5.74) is 0. The molecule has 0 radical (unpaired) electrons. The van der Waals surface area contributed by atoms with Crippen molar-refractivity contribution in [2.24, 2.45) is 5.92 Å². The van der Waals surface area contributed by atoms with Crippen molar-refractivity contribution in [2.45, 2.75) is 63.8 Å². The normalized spacial score (nSPS) is 28.1. The number of nitrogens with one attached hydrogen (secondary N) is 1. The van der Waals surface area contributed by atoms with Crippen molar-refractivity contribution >= 4 is 0 Å². The molecule has 2 aliphatic rings. The van der Waals surface area contributed by atoms with E-state index >= 15 is 0 Å². The molecule has 0 aromatic heterocycles. The van der Waals surface area contributed by atoms with E-state index in [1.807, 2.05) is 0 Å². The van der Waals surface area contributed by atoms with Crippen LogP contribution >= 0.6 is 0 Å². The van der Waals surface area contributed by atoms with Crippen molar-refractivity contribution in [3.63, 3.8) is 0 Å². The van der Waals surface area contributed by atoms with Gasteiger partial charge < -0.3 is 5.32 Å². The van der Waals surface area contributed by atoms with Gasteiger partial charge in [-0.3, -0.25) is 0 Å². The minimum atomic E-state index is 0.683. The van der Waals surface area contributed by atoms with Crippen LogP contribution in [-0.2, 0) is 0 Å². The Hall–Kier alpha value is -0.300. The van der Waals surface area contributed by atoms with Crippen molar-refractivity contribution < 1.29 is 0 Å². The quantitative estimate of drug-likeness (QED) is 0.694. The molecular weight excluding hydrogens is 182 g/mol. The molecule has 0 spiro atoms. The Morgan fingerprint density at radius 2 is 1.87 bits per heavy atom. The largest absolute Gasteiger partial charge is 0.311 e. The predicted molar refractivity (Wildman–Crippen MR) is 66.0 cm³/mol. The molecule has 0 heterocycles. The SMILES string of the molecule is C1=CC(NCCC2CCCCC2)CCC1. The lowest BCUT2D eigenvalue weighted by Gasteiger charge is -2.23. The van der Waals surface area contributed by atoms with Crippen LogP contribution in [0, 0.1) is 5.92 Å². The lowest BCUT2D eigenvalue weighted by Crippen LogP contribution is -2.30. The highest BCUT2D eigenvalue weighted by Crippen LogP contribution is 2.25. The van der Waals surface area contributed by atoms with E-state index in [-0.39, 0.29) is 0 Å². The van der Waals surface area contributed by atoms with Gasteiger partial charge in [0.2, 0.25) is 0 Å². The molecule has 1 unspecified atom stereocenters. The Bertz CT molecular complexity index is 192. The molecule has 2 rings (SSSR count). The van der Waals surface area contributed by atoms with Gasteiger partial charge >= 0.3 is 0 Å². The van der Waals surface area contributed by atoms with Crippen LogP contribution in [0.5, 0.6) is 0 Å². The molecule has 0 amide bonds. The number of hydrogen-bond acceptors (Lipinski definition) is 1. The van der Waals surface area contributed by atoms with E-state index in [4.69, 9.17) is 0 Å². The van der Waals surface area contributed by atoms with Gasteiger partial charge in [0.1, 0.15) is 0 Å². The van der Waals surface area contributed by atoms with Gasteiger partial charge in [0.05, 0.1) is 0 Å². The minimum Gasteiger partial charge on any atom is -0.311 e. The summed E-state index contributed by atoms with van der Waals surface area (Å²) in [4.78, 5) is 0. The Balaban J connectivity index is 1.57. The molecule has 0 aliphatic heterocycles. The first kappa shape index (κ1) is 11.2. The van der Waals surface area contributed by atoms with Gasteiger partial charge in [-0.1, -0.05) is 44.3 Å². The molecule has 1 N–H and O–H groups in total. The Labute approximate surface area is 94.3 Å². The summed E-state index contributed by atoms with van der Waals surface area (Å²) < 4.78 is 0. The highest BCUT2D eigenvalue weighted by molar-refractivity contribution is 4.97. The second-order valence-electron chi connectivity index (χ2n) is 5.21. The Kier molecular flexibility index (Phi) is 4.72. The molecular formula is C14H25N. The second-order valence-corrected chi connectivity index (χ2v) is 5.21. The summed E-state index contributed by atoms with van der Waals surface area (Å²) in [5.74, 6) is 1.03. The number of allylic oxidation sites excluding steroid dienone is 1. The van der Waals surface area contributed by atoms with Crippen LogP contribution in [0.1, 0.15) is 57.8 Å². The maximum Gasteiger partial charge on any atom is 0.0250 e. The zero-order valence-corrected chi connectivity index (χ0v) is 9.88. The van der Waals surface area contributed by atoms with E-state index in [2.05, 4.69) is 17.5 Å². The highest BCUT2D eigenvalue weighted by Gasteiger charge is 2.13. The van der Waals surface area contributed by atoms with E-state index in [1.54, 1.807) is 0 Å². The second kappa shape index (κ2) is 6.32. The molecule has 1 nitrogen and oxygen atoms in total. The summed E-state index contributed by atoms with van der Waals surface area (Å²) in [7, 11) is 0. The molecule has 1 saturated carbocycles. The summed E-state index contributed by atoms with van der Waals surface area (Å²) in [6, 6.07) is 0.683. The smallest absolute Gasteiger partial charge is 0.0250 e. The van der Waals surface area contributed by atoms with Crippen molar-refractivity contribution in [1.82, 2.24) is 5.32 Å². The number of rotatable bonds is 4. The first-order chi connectivity index (χ1) is 7.45. The molecule has 2 aliphatic carbocycles. The van der Waals surface area contributed by atoms with Crippen LogP contribution in [0.15, 0.2) is 12.2 Å². The van der Waals surface area contributed by atoms with E-state index < -0.39 is 0 Å². The monoisotopic (exact) mass is 207 g/mol. The fraction of sp³-hybridized carbons (Fsp3) is 0.857. The Morgan fingerprint density at radius 3 is 2.60 bits per heavy atom. The highest BCUT2D eigenvalue weighted by atomic mass is 14.9. The molecule has 1 heteroatoms. The molecule has 15 heavy (non-hydrogen) atoms. The Morgan fingerprint density at radius 1 is 1.00 bits per heavy atom. The topological polar surface area (TPSA) is 12.0 Å². The van der Waals surface area contributed by atoms with Gasteiger partial charge in [-0.25, -0.2) is 0 Å². The van der Waals surface area contributed by atoms with Gasteiger partial charge in [-0.2, -0.15) is 0 Å². The van der Waals surface area contributed by atoms with E-state index in [0.29, 0.717) is 6.04 Å². The third-order valence-electron chi connectivity index (χ3n) is 3.94.